The van der Waals surface area contributed by atoms with Gasteiger partial charge in [0.25, 0.3) is 0 Å². The molecule has 0 aromatic heterocycles. The van der Waals surface area contributed by atoms with Gasteiger partial charge in [0.1, 0.15) is 0 Å². The van der Waals surface area contributed by atoms with Gasteiger partial charge in [-0.1, -0.05) is 0 Å². The van der Waals surface area contributed by atoms with E-state index in [0.717, 1.165) is 21.2 Å². The maximum atomic E-state index is 13.8. The third kappa shape index (κ3) is 6.05. The molecule has 0 unspecified atom stereocenters. The van der Waals surface area contributed by atoms with Gasteiger partial charge in [0.2, 0.25) is 0 Å². The fourth-order valence-corrected chi connectivity index (χ4v) is 30.0. The third-order valence-electron chi connectivity index (χ3n) is 5.72. The van der Waals surface area contributed by atoms with Gasteiger partial charge in [-0.15, -0.1) is 0 Å². The van der Waals surface area contributed by atoms with E-state index in [2.05, 4.69) is 0 Å². The Hall–Kier alpha value is -0.479. The second kappa shape index (κ2) is 12.6. The second-order valence-corrected chi connectivity index (χ2v) is 30.7. The molecule has 0 aliphatic rings. The van der Waals surface area contributed by atoms with Crippen molar-refractivity contribution in [1.29, 1.82) is 0 Å². The zero-order valence-electron chi connectivity index (χ0n) is 18.4. The van der Waals surface area contributed by atoms with Crippen molar-refractivity contribution in [2.45, 2.75) is 0 Å². The van der Waals surface area contributed by atoms with Crippen LogP contribution in [0.15, 0.2) is 97.1 Å². The summed E-state index contributed by atoms with van der Waals surface area (Å²) in [5.41, 5.74) is 0. The van der Waals surface area contributed by atoms with Crippen molar-refractivity contribution in [3.05, 3.63) is 120 Å². The van der Waals surface area contributed by atoms with Crippen LogP contribution in [0.25, 0.3) is 0 Å². The van der Waals surface area contributed by atoms with Crippen LogP contribution in [0.4, 0.5) is 17.6 Å². The fraction of sp³-hybridized carbons (Fsp3) is 0.0769. The monoisotopic (exact) mass is 934 g/mol. The van der Waals surface area contributed by atoms with Crippen molar-refractivity contribution in [2.24, 2.45) is 0 Å². The Morgan fingerprint density at radius 3 is 0.778 bits per heavy atom. The standard InChI is InChI=1S/C26H20F4P2.2Au.2ClH/c27-19-1-9-23(10-2-19)31(24-11-3-20(28)4-12-24)17-18-32(25-13-5-21(29)6-14-25)26-15-7-22(30)8-16-26;;;;/h1-16H,17-18H2;;;2*1H/q;2*+1;;/p-2. The van der Waals surface area contributed by atoms with E-state index in [1.165, 1.54) is 48.5 Å². The van der Waals surface area contributed by atoms with Gasteiger partial charge in [-0.05, 0) is 0 Å². The van der Waals surface area contributed by atoms with Gasteiger partial charge in [-0.25, -0.2) is 0 Å². The fourth-order valence-electron chi connectivity index (χ4n) is 3.91. The molecule has 0 atom stereocenters. The van der Waals surface area contributed by atoms with Crippen LogP contribution in [0.2, 0.25) is 0 Å². The Morgan fingerprint density at radius 1 is 0.417 bits per heavy atom. The van der Waals surface area contributed by atoms with E-state index in [-0.39, 0.29) is 23.3 Å². The molecule has 0 N–H and O–H groups in total. The first kappa shape index (κ1) is 28.5. The summed E-state index contributed by atoms with van der Waals surface area (Å²) in [7, 11) is 13.7. The summed E-state index contributed by atoms with van der Waals surface area (Å²) < 4.78 is 50.9. The van der Waals surface area contributed by atoms with Crippen LogP contribution in [-0.2, 0) is 35.3 Å². The Kier molecular flexibility index (Phi) is 9.97. The topological polar surface area (TPSA) is 0 Å². The summed E-state index contributed by atoms with van der Waals surface area (Å²) in [4.78, 5) is 0. The van der Waals surface area contributed by atoms with E-state index < -0.39 is 44.7 Å². The zero-order chi connectivity index (χ0) is 25.8. The first-order valence-electron chi connectivity index (χ1n) is 10.6. The third-order valence-corrected chi connectivity index (χ3v) is 34.3. The van der Waals surface area contributed by atoms with Crippen LogP contribution in [0.3, 0.4) is 0 Å². The van der Waals surface area contributed by atoms with E-state index in [0.29, 0.717) is 12.3 Å². The van der Waals surface area contributed by atoms with Crippen LogP contribution in [0, 0.1) is 23.3 Å². The van der Waals surface area contributed by atoms with Crippen LogP contribution >= 0.6 is 27.8 Å². The van der Waals surface area contributed by atoms with Crippen molar-refractivity contribution in [2.75, 3.05) is 12.3 Å². The normalized spacial score (nSPS) is 12.3. The molecule has 36 heavy (non-hydrogen) atoms. The number of rotatable bonds is 7. The summed E-state index contributed by atoms with van der Waals surface area (Å²) in [6, 6.07) is 25.6. The Labute approximate surface area is 232 Å². The molecule has 4 aromatic carbocycles. The molecule has 0 saturated carbocycles. The molecule has 0 saturated heterocycles. The minimum absolute atomic E-state index is 0.340. The molecule has 0 aliphatic carbocycles. The quantitative estimate of drug-likeness (QED) is 0.105. The molecule has 198 valence electrons. The molecule has 4 aromatic rings. The Balaban J connectivity index is 1.89. The van der Waals surface area contributed by atoms with E-state index in [1.54, 1.807) is 48.5 Å². The first-order chi connectivity index (χ1) is 17.3. The van der Waals surface area contributed by atoms with E-state index in [9.17, 15) is 17.6 Å². The van der Waals surface area contributed by atoms with E-state index in [4.69, 9.17) is 18.4 Å². The van der Waals surface area contributed by atoms with Gasteiger partial charge in [0.15, 0.2) is 0 Å². The molecule has 0 amide bonds. The molecule has 0 radical (unpaired) electrons. The molecule has 0 heterocycles. The molecule has 0 aliphatic heterocycles. The van der Waals surface area contributed by atoms with Gasteiger partial charge in [-0.3, -0.25) is 0 Å². The van der Waals surface area contributed by atoms with Crippen molar-refractivity contribution in [1.82, 2.24) is 0 Å². The summed E-state index contributed by atoms with van der Waals surface area (Å²) in [6.07, 6.45) is 1.34. The van der Waals surface area contributed by atoms with Crippen LogP contribution < -0.4 is 21.2 Å². The molecule has 10 heteroatoms. The molecule has 0 bridgehead atoms. The van der Waals surface area contributed by atoms with Crippen LogP contribution in [0.5, 0.6) is 0 Å². The van der Waals surface area contributed by atoms with Crippen molar-refractivity contribution in [3.8, 4) is 0 Å². The van der Waals surface area contributed by atoms with Crippen LogP contribution in [-0.4, -0.2) is 12.3 Å². The molecule has 4 rings (SSSR count). The van der Waals surface area contributed by atoms with Gasteiger partial charge in [-0.2, -0.15) is 0 Å². The average Bonchev–Trinajstić information content (AvgIpc) is 2.90. The van der Waals surface area contributed by atoms with Crippen molar-refractivity contribution >= 4 is 49.0 Å². The summed E-state index contributed by atoms with van der Waals surface area (Å²) in [5.74, 6) is -1.36. The number of halogens is 6. The number of hydrogen-bond acceptors (Lipinski definition) is 0. The van der Waals surface area contributed by atoms with Crippen molar-refractivity contribution < 1.29 is 52.8 Å². The summed E-state index contributed by atoms with van der Waals surface area (Å²) in [6.45, 7) is 0. The van der Waals surface area contributed by atoms with Gasteiger partial charge in [0, 0.05) is 0 Å². The molecular formula is C26H20Au2Cl2F4P2. The Morgan fingerprint density at radius 2 is 0.611 bits per heavy atom. The average molecular weight is 935 g/mol. The summed E-state index contributed by atoms with van der Waals surface area (Å²) >= 11 is -1.58. The van der Waals surface area contributed by atoms with E-state index >= 15 is 0 Å². The summed E-state index contributed by atoms with van der Waals surface area (Å²) in [5, 5.41) is 3.81. The van der Waals surface area contributed by atoms with Crippen molar-refractivity contribution in [3.63, 3.8) is 0 Å². The SMILES string of the molecule is Fc1ccc([P](CC[P](=[Au][Cl])(c2ccc(F)cc2)c2ccc(F)cc2)(=[Au][Cl])c2ccc(F)cc2)cc1. The predicted octanol–water partition coefficient (Wildman–Crippen LogP) is 7.18. The zero-order valence-corrected chi connectivity index (χ0v) is 26.1. The predicted molar refractivity (Wildman–Crippen MR) is 139 cm³/mol. The van der Waals surface area contributed by atoms with E-state index in [1.807, 2.05) is 0 Å². The number of benzene rings is 4. The number of hydrogen-bond donors (Lipinski definition) is 0. The van der Waals surface area contributed by atoms with Gasteiger partial charge < -0.3 is 0 Å². The van der Waals surface area contributed by atoms with Crippen LogP contribution in [0.1, 0.15) is 0 Å². The molecule has 0 fully saturated rings. The maximum absolute atomic E-state index is 13.8. The van der Waals surface area contributed by atoms with Gasteiger partial charge >= 0.3 is 234 Å². The first-order valence-corrected chi connectivity index (χ1v) is 25.3. The molecular weight excluding hydrogens is 915 g/mol. The van der Waals surface area contributed by atoms with Gasteiger partial charge in [0.05, 0.1) is 0 Å². The Bertz CT molecular complexity index is 1230. The molecule has 0 nitrogen and oxygen atoms in total. The molecule has 0 spiro atoms. The second-order valence-electron chi connectivity index (χ2n) is 7.77. The minimum atomic E-state index is -2.23.